The first-order valence-corrected chi connectivity index (χ1v) is 11.1. The number of nitrogens with two attached hydrogens (primary N) is 1. The number of fused-ring (bicyclic) bond motifs is 3. The zero-order valence-electron chi connectivity index (χ0n) is 18.4. The maximum absolute atomic E-state index is 12.2. The van der Waals surface area contributed by atoms with Gasteiger partial charge >= 0.3 is 6.03 Å². The van der Waals surface area contributed by atoms with Crippen LogP contribution in [0.4, 0.5) is 16.3 Å². The van der Waals surface area contributed by atoms with Gasteiger partial charge in [-0.25, -0.2) is 9.78 Å². The summed E-state index contributed by atoms with van der Waals surface area (Å²) >= 11 is 0. The molecule has 0 saturated carbocycles. The van der Waals surface area contributed by atoms with Crippen LogP contribution >= 0.6 is 0 Å². The van der Waals surface area contributed by atoms with Crippen LogP contribution in [-0.2, 0) is 4.79 Å². The van der Waals surface area contributed by atoms with E-state index in [9.17, 15) is 14.7 Å². The molecule has 4 heterocycles. The Hall–Kier alpha value is -3.66. The van der Waals surface area contributed by atoms with Gasteiger partial charge in [0, 0.05) is 48.1 Å². The topological polar surface area (TPSA) is 138 Å². The maximum atomic E-state index is 12.2. The van der Waals surface area contributed by atoms with E-state index in [0.29, 0.717) is 17.2 Å². The van der Waals surface area contributed by atoms with Gasteiger partial charge in [0.15, 0.2) is 5.65 Å². The normalized spacial score (nSPS) is 21.9. The number of nitrogen functional groups attached to an aromatic ring is 1. The van der Waals surface area contributed by atoms with Crippen molar-refractivity contribution < 1.29 is 14.7 Å². The van der Waals surface area contributed by atoms with Gasteiger partial charge in [-0.3, -0.25) is 4.79 Å². The summed E-state index contributed by atoms with van der Waals surface area (Å²) in [5.74, 6) is 0.524. The Kier molecular flexibility index (Phi) is 5.37. The second kappa shape index (κ2) is 8.36. The number of urea groups is 1. The average molecular weight is 450 g/mol. The van der Waals surface area contributed by atoms with E-state index >= 15 is 0 Å². The Labute approximate surface area is 190 Å². The van der Waals surface area contributed by atoms with Crippen LogP contribution < -0.4 is 16.4 Å². The van der Waals surface area contributed by atoms with E-state index < -0.39 is 6.61 Å². The molecule has 5 rings (SSSR count). The smallest absolute Gasteiger partial charge is 0.318 e. The lowest BCUT2D eigenvalue weighted by atomic mass is 9.87. The summed E-state index contributed by atoms with van der Waals surface area (Å²) in [6, 6.07) is 9.35. The van der Waals surface area contributed by atoms with Crippen molar-refractivity contribution in [1.82, 2.24) is 24.8 Å². The van der Waals surface area contributed by atoms with Gasteiger partial charge in [-0.2, -0.15) is 9.61 Å². The molecule has 33 heavy (non-hydrogen) atoms. The van der Waals surface area contributed by atoms with Crippen LogP contribution in [0.3, 0.4) is 0 Å². The van der Waals surface area contributed by atoms with Gasteiger partial charge in [0.25, 0.3) is 0 Å². The van der Waals surface area contributed by atoms with E-state index in [0.717, 1.165) is 42.5 Å². The van der Waals surface area contributed by atoms with Gasteiger partial charge in [0.2, 0.25) is 5.91 Å². The summed E-state index contributed by atoms with van der Waals surface area (Å²) in [5, 5.41) is 19.0. The molecule has 2 aromatic heterocycles. The Bertz CT molecular complexity index is 1190. The molecule has 3 aromatic rings. The fourth-order valence-electron chi connectivity index (χ4n) is 5.25. The van der Waals surface area contributed by atoms with Crippen LogP contribution in [0.25, 0.3) is 16.8 Å². The number of amides is 3. The number of benzene rings is 1. The van der Waals surface area contributed by atoms with Crippen LogP contribution in [-0.4, -0.2) is 62.3 Å². The number of aliphatic hydroxyl groups is 1. The molecule has 1 aromatic carbocycles. The Morgan fingerprint density at radius 2 is 1.88 bits per heavy atom. The monoisotopic (exact) mass is 449 g/mol. The standard InChI is InChI=1S/C23H27N7O3/c1-25-23(33)27-15-4-2-13(3-5-15)18-11-26-30-20(24)10-19(28-22(18)30)14-8-16-6-7-17(9-14)29(16)21(32)12-31/h2-5,10-11,14,16-17,31H,6-9,12,24H2,1H3,(H2,25,27,33)/t14-,16+,17-. The number of anilines is 2. The van der Waals surface area contributed by atoms with Gasteiger partial charge in [-0.05, 0) is 43.4 Å². The average Bonchev–Trinajstić information content (AvgIpc) is 3.37. The molecule has 3 atom stereocenters. The highest BCUT2D eigenvalue weighted by atomic mass is 16.3. The van der Waals surface area contributed by atoms with Crippen LogP contribution in [0.2, 0.25) is 0 Å². The van der Waals surface area contributed by atoms with E-state index in [1.165, 1.54) is 0 Å². The molecule has 5 N–H and O–H groups in total. The lowest BCUT2D eigenvalue weighted by Crippen LogP contribution is -2.47. The molecule has 10 heteroatoms. The zero-order valence-corrected chi connectivity index (χ0v) is 18.4. The number of hydrogen-bond acceptors (Lipinski definition) is 6. The number of carbonyl (C=O) groups is 2. The van der Waals surface area contributed by atoms with Crippen molar-refractivity contribution in [3.8, 4) is 11.1 Å². The predicted octanol–water partition coefficient (Wildman–Crippen LogP) is 1.96. The number of nitrogens with one attached hydrogen (secondary N) is 2. The number of nitrogens with zero attached hydrogens (tertiary/aromatic N) is 4. The molecular formula is C23H27N7O3. The van der Waals surface area contributed by atoms with Gasteiger partial charge in [0.1, 0.15) is 12.4 Å². The molecule has 0 aliphatic carbocycles. The third-order valence-corrected chi connectivity index (χ3v) is 6.77. The van der Waals surface area contributed by atoms with Gasteiger partial charge in [-0.1, -0.05) is 12.1 Å². The summed E-state index contributed by atoms with van der Waals surface area (Å²) in [4.78, 5) is 30.5. The van der Waals surface area contributed by atoms with Crippen molar-refractivity contribution in [2.75, 3.05) is 24.7 Å². The number of aromatic nitrogens is 3. The highest BCUT2D eigenvalue weighted by Gasteiger charge is 2.43. The minimum atomic E-state index is -0.439. The van der Waals surface area contributed by atoms with Crippen molar-refractivity contribution in [2.24, 2.45) is 0 Å². The van der Waals surface area contributed by atoms with E-state index in [4.69, 9.17) is 10.7 Å². The number of hydrogen-bond donors (Lipinski definition) is 4. The molecule has 2 saturated heterocycles. The van der Waals surface area contributed by atoms with Crippen molar-refractivity contribution in [2.45, 2.75) is 43.7 Å². The minimum Gasteiger partial charge on any atom is -0.387 e. The lowest BCUT2D eigenvalue weighted by Gasteiger charge is -2.38. The summed E-state index contributed by atoms with van der Waals surface area (Å²) in [7, 11) is 1.57. The third kappa shape index (κ3) is 3.76. The summed E-state index contributed by atoms with van der Waals surface area (Å²) < 4.78 is 1.63. The van der Waals surface area contributed by atoms with Crippen LogP contribution in [0.15, 0.2) is 36.5 Å². The first-order chi connectivity index (χ1) is 16.0. The Balaban J connectivity index is 1.44. The lowest BCUT2D eigenvalue weighted by molar-refractivity contribution is -0.138. The fraction of sp³-hybridized carbons (Fsp3) is 0.391. The number of piperidine rings is 1. The third-order valence-electron chi connectivity index (χ3n) is 6.77. The zero-order chi connectivity index (χ0) is 23.1. The first kappa shape index (κ1) is 21.2. The highest BCUT2D eigenvalue weighted by Crippen LogP contribution is 2.43. The molecule has 172 valence electrons. The Morgan fingerprint density at radius 1 is 1.18 bits per heavy atom. The van der Waals surface area contributed by atoms with Gasteiger partial charge in [0.05, 0.1) is 6.20 Å². The minimum absolute atomic E-state index is 0.136. The second-order valence-electron chi connectivity index (χ2n) is 8.69. The predicted molar refractivity (Wildman–Crippen MR) is 124 cm³/mol. The molecule has 2 bridgehead atoms. The molecule has 0 radical (unpaired) electrons. The molecule has 2 fully saturated rings. The van der Waals surface area contributed by atoms with E-state index in [1.807, 2.05) is 35.2 Å². The largest absolute Gasteiger partial charge is 0.387 e. The van der Waals surface area contributed by atoms with E-state index in [1.54, 1.807) is 17.8 Å². The quantitative estimate of drug-likeness (QED) is 0.480. The van der Waals surface area contributed by atoms with Crippen LogP contribution in [0, 0.1) is 0 Å². The van der Waals surface area contributed by atoms with Gasteiger partial charge in [-0.15, -0.1) is 0 Å². The number of carbonyl (C=O) groups excluding carboxylic acids is 2. The molecule has 2 aliphatic rings. The molecule has 2 aliphatic heterocycles. The SMILES string of the molecule is CNC(=O)Nc1ccc(-c2cnn3c(N)cc([C@H]4C[C@H]5CC[C@@H](C4)N5C(=O)CO)nc23)cc1. The summed E-state index contributed by atoms with van der Waals surface area (Å²) in [5.41, 5.74) is 10.4. The molecule has 10 nitrogen and oxygen atoms in total. The van der Waals surface area contributed by atoms with Crippen molar-refractivity contribution in [3.05, 3.63) is 42.2 Å². The van der Waals surface area contributed by atoms with E-state index in [-0.39, 0.29) is 29.9 Å². The van der Waals surface area contributed by atoms with Crippen LogP contribution in [0.1, 0.15) is 37.3 Å². The molecule has 3 amide bonds. The highest BCUT2D eigenvalue weighted by molar-refractivity contribution is 5.89. The van der Waals surface area contributed by atoms with Crippen molar-refractivity contribution in [3.63, 3.8) is 0 Å². The number of rotatable bonds is 4. The second-order valence-corrected chi connectivity index (χ2v) is 8.69. The Morgan fingerprint density at radius 3 is 2.52 bits per heavy atom. The van der Waals surface area contributed by atoms with Gasteiger partial charge < -0.3 is 26.4 Å². The summed E-state index contributed by atoms with van der Waals surface area (Å²) in [6.45, 7) is -0.439. The fourth-order valence-corrected chi connectivity index (χ4v) is 5.25. The number of aliphatic hydroxyl groups excluding tert-OH is 1. The molecule has 0 spiro atoms. The maximum Gasteiger partial charge on any atom is 0.318 e. The first-order valence-electron chi connectivity index (χ1n) is 11.1. The van der Waals surface area contributed by atoms with Crippen molar-refractivity contribution >= 4 is 29.1 Å². The molecule has 0 unspecified atom stereocenters. The van der Waals surface area contributed by atoms with Crippen molar-refractivity contribution in [1.29, 1.82) is 0 Å². The van der Waals surface area contributed by atoms with Crippen LogP contribution in [0.5, 0.6) is 0 Å². The molecular weight excluding hydrogens is 422 g/mol. The summed E-state index contributed by atoms with van der Waals surface area (Å²) in [6.07, 6.45) is 5.29. The van der Waals surface area contributed by atoms with E-state index in [2.05, 4.69) is 15.7 Å².